The van der Waals surface area contributed by atoms with Gasteiger partial charge in [-0.15, -0.1) is 0 Å². The largest absolute Gasteiger partial charge is 0.465 e. The summed E-state index contributed by atoms with van der Waals surface area (Å²) in [4.78, 5) is 23.5. The van der Waals surface area contributed by atoms with Crippen LogP contribution in [-0.2, 0) is 9.53 Å². The van der Waals surface area contributed by atoms with Gasteiger partial charge < -0.3 is 20.3 Å². The van der Waals surface area contributed by atoms with Crippen molar-refractivity contribution in [2.24, 2.45) is 45.8 Å². The fourth-order valence-corrected chi connectivity index (χ4v) is 13.8. The smallest absolute Gasteiger partial charge is 0.446 e. The number of rotatable bonds is 6. The van der Waals surface area contributed by atoms with E-state index in [1.807, 2.05) is 40.1 Å². The second kappa shape index (κ2) is 19.2. The molecule has 1 saturated heterocycles. The molecule has 312 valence electrons. The van der Waals surface area contributed by atoms with E-state index in [0.717, 1.165) is 23.7 Å². The zero-order valence-corrected chi connectivity index (χ0v) is 36.2. The van der Waals surface area contributed by atoms with Crippen LogP contribution in [0.25, 0.3) is 5.57 Å². The Labute approximate surface area is 335 Å². The van der Waals surface area contributed by atoms with E-state index < -0.39 is 12.5 Å². The number of carbonyl (C=O) groups excluding carboxylic acids is 2. The molecule has 5 fully saturated rings. The van der Waals surface area contributed by atoms with E-state index in [-0.39, 0.29) is 11.4 Å². The van der Waals surface area contributed by atoms with Gasteiger partial charge in [0.15, 0.2) is 0 Å². The van der Waals surface area contributed by atoms with Crippen molar-refractivity contribution in [3.8, 4) is 0 Å². The molecule has 1 aliphatic heterocycles. The predicted octanol–water partition coefficient (Wildman–Crippen LogP) is 9.93. The van der Waals surface area contributed by atoms with Crippen LogP contribution < -0.4 is 10.6 Å². The number of thioether (sulfide) groups is 1. The summed E-state index contributed by atoms with van der Waals surface area (Å²) in [6, 6.07) is 8.18. The van der Waals surface area contributed by atoms with Gasteiger partial charge in [0, 0.05) is 43.2 Å². The fraction of sp³-hybridized carbons (Fsp3) is 0.778. The molecule has 1 heterocycles. The average Bonchev–Trinajstić information content (AvgIpc) is 3.60. The van der Waals surface area contributed by atoms with Gasteiger partial charge in [-0.3, -0.25) is 4.79 Å². The summed E-state index contributed by atoms with van der Waals surface area (Å²) in [5, 5.41) is 7.03. The maximum Gasteiger partial charge on any atom is 0.446 e. The Balaban J connectivity index is 0.000000546. The molecular weight excluding hydrogens is 720 g/mol. The van der Waals surface area contributed by atoms with Gasteiger partial charge in [-0.25, -0.2) is 4.79 Å². The molecular formula is C45H72F3N3O3S. The van der Waals surface area contributed by atoms with E-state index in [1.54, 1.807) is 0 Å². The number of esters is 1. The lowest BCUT2D eigenvalue weighted by Gasteiger charge is -2.68. The van der Waals surface area contributed by atoms with Gasteiger partial charge in [-0.1, -0.05) is 66.2 Å². The van der Waals surface area contributed by atoms with Gasteiger partial charge in [0.05, 0.1) is 12.7 Å². The van der Waals surface area contributed by atoms with Crippen molar-refractivity contribution < 1.29 is 27.5 Å². The van der Waals surface area contributed by atoms with Crippen LogP contribution in [0, 0.1) is 45.8 Å². The van der Waals surface area contributed by atoms with Crippen LogP contribution in [0.1, 0.15) is 122 Å². The number of benzene rings is 1. The number of carbonyl (C=O) groups is 2. The molecule has 0 spiro atoms. The number of methoxy groups -OCH3 is 1. The lowest BCUT2D eigenvalue weighted by molar-refractivity contribution is -0.172. The average molecular weight is 792 g/mol. The first-order valence-corrected chi connectivity index (χ1v) is 22.3. The minimum Gasteiger partial charge on any atom is -0.465 e. The summed E-state index contributed by atoms with van der Waals surface area (Å²) in [6.07, 6.45) is 10.9. The standard InChI is InChI=1S/C39H58N2O2S.C2HF3O.C2H7N.C2H6/c1-36(2)30(27-8-10-28(11-9-27)35(42)43-5)14-18-38(4)33(36)16-19-37(3)31-15-20-39(40-21-22-41-23-25-44-26-24-41)17-6-7-32(39)29(31)12-13-34(37)38;3-2(4,5)1-6;1-3-2;1-2/h8-11,14,29,31-34,40H,6-7,12-13,15-26H2,1-5H3;1H;3H,1-2H3;1-2H3/t29?,31?,32-,33+,34+,37?,38?,39?;;;/m1.../s1. The summed E-state index contributed by atoms with van der Waals surface area (Å²) in [5.41, 5.74) is 4.75. The third-order valence-corrected chi connectivity index (χ3v) is 15.8. The topological polar surface area (TPSA) is 70.7 Å². The Morgan fingerprint density at radius 1 is 0.909 bits per heavy atom. The second-order valence-corrected chi connectivity index (χ2v) is 19.1. The zero-order valence-electron chi connectivity index (χ0n) is 35.4. The minimum atomic E-state index is -4.64. The molecule has 8 atom stereocenters. The number of halogens is 3. The van der Waals surface area contributed by atoms with Gasteiger partial charge in [0.25, 0.3) is 0 Å². The quantitative estimate of drug-likeness (QED) is 0.220. The number of nitrogens with zero attached hydrogens (tertiary/aromatic N) is 1. The van der Waals surface area contributed by atoms with Crippen molar-refractivity contribution in [3.05, 3.63) is 41.5 Å². The van der Waals surface area contributed by atoms with Gasteiger partial charge in [-0.2, -0.15) is 24.9 Å². The number of fused-ring (bicyclic) bond motifs is 7. The van der Waals surface area contributed by atoms with Crippen LogP contribution in [0.3, 0.4) is 0 Å². The molecule has 1 aromatic rings. The molecule has 0 aromatic heterocycles. The van der Waals surface area contributed by atoms with Crippen molar-refractivity contribution in [2.75, 3.05) is 58.9 Å². The normalized spacial score (nSPS) is 34.8. The molecule has 7 rings (SSSR count). The molecule has 2 N–H and O–H groups in total. The lowest BCUT2D eigenvalue weighted by Crippen LogP contribution is -2.63. The van der Waals surface area contributed by atoms with E-state index in [0.29, 0.717) is 27.9 Å². The first-order valence-electron chi connectivity index (χ1n) is 21.2. The van der Waals surface area contributed by atoms with E-state index in [4.69, 9.17) is 9.53 Å². The number of nitrogens with one attached hydrogen (secondary N) is 2. The number of ether oxygens (including phenoxy) is 1. The molecule has 0 bridgehead atoms. The van der Waals surface area contributed by atoms with Crippen LogP contribution in [0.5, 0.6) is 0 Å². The second-order valence-electron chi connectivity index (χ2n) is 17.8. The maximum atomic E-state index is 12.1. The van der Waals surface area contributed by atoms with Gasteiger partial charge in [0.2, 0.25) is 6.29 Å². The Morgan fingerprint density at radius 2 is 1.55 bits per heavy atom. The Hall–Kier alpha value is -1.88. The van der Waals surface area contributed by atoms with Crippen LogP contribution in [0.2, 0.25) is 0 Å². The molecule has 5 unspecified atom stereocenters. The molecule has 4 saturated carbocycles. The zero-order chi connectivity index (χ0) is 40.7. The maximum absolute atomic E-state index is 12.1. The fourth-order valence-electron chi connectivity index (χ4n) is 12.8. The number of allylic oxidation sites excluding steroid dienone is 2. The van der Waals surface area contributed by atoms with Crippen LogP contribution >= 0.6 is 11.8 Å². The summed E-state index contributed by atoms with van der Waals surface area (Å²) in [6.45, 7) is 19.5. The molecule has 0 radical (unpaired) electrons. The molecule has 1 aromatic carbocycles. The molecule has 5 aliphatic carbocycles. The van der Waals surface area contributed by atoms with Gasteiger partial charge in [-0.05, 0) is 141 Å². The molecule has 55 heavy (non-hydrogen) atoms. The highest BCUT2D eigenvalue weighted by Gasteiger charge is 2.65. The van der Waals surface area contributed by atoms with Crippen molar-refractivity contribution in [1.82, 2.24) is 15.5 Å². The molecule has 10 heteroatoms. The summed E-state index contributed by atoms with van der Waals surface area (Å²) >= 11 is 2.12. The van der Waals surface area contributed by atoms with Crippen molar-refractivity contribution in [2.45, 2.75) is 117 Å². The summed E-state index contributed by atoms with van der Waals surface area (Å²) in [7, 11) is 5.21. The van der Waals surface area contributed by atoms with E-state index in [2.05, 4.69) is 73.2 Å². The van der Waals surface area contributed by atoms with E-state index in [9.17, 15) is 18.0 Å². The summed E-state index contributed by atoms with van der Waals surface area (Å²) < 4.78 is 36.2. The van der Waals surface area contributed by atoms with Crippen LogP contribution in [-0.4, -0.2) is 87.8 Å². The van der Waals surface area contributed by atoms with Crippen LogP contribution in [0.15, 0.2) is 30.3 Å². The first-order chi connectivity index (χ1) is 26.1. The molecule has 6 nitrogen and oxygen atoms in total. The lowest BCUT2D eigenvalue weighted by atomic mass is 9.37. The third kappa shape index (κ3) is 9.71. The number of hydrogen-bond donors (Lipinski definition) is 2. The highest BCUT2D eigenvalue weighted by Crippen LogP contribution is 2.72. The molecule has 0 amide bonds. The third-order valence-electron chi connectivity index (χ3n) is 14.8. The van der Waals surface area contributed by atoms with E-state index >= 15 is 0 Å². The SMILES string of the molecule is CC.CNC.COC(=O)c1ccc(C2=CCC3(C)[C@@H](CCC4(C)C5CCC6(NCCN7CCSCC7)CCC[C@@H]6C5CC[C@@H]43)C2(C)C)cc1.O=CC(F)(F)F. The van der Waals surface area contributed by atoms with Crippen molar-refractivity contribution in [3.63, 3.8) is 0 Å². The Morgan fingerprint density at radius 3 is 2.15 bits per heavy atom. The van der Waals surface area contributed by atoms with Crippen molar-refractivity contribution in [1.29, 1.82) is 0 Å². The number of hydrogen-bond acceptors (Lipinski definition) is 7. The van der Waals surface area contributed by atoms with Gasteiger partial charge in [0.1, 0.15) is 0 Å². The minimum absolute atomic E-state index is 0.113. The summed E-state index contributed by atoms with van der Waals surface area (Å²) in [5.74, 6) is 6.59. The highest BCUT2D eigenvalue weighted by molar-refractivity contribution is 7.99. The Kier molecular flexibility index (Phi) is 16.0. The first kappa shape index (κ1) is 45.8. The monoisotopic (exact) mass is 792 g/mol. The number of alkyl halides is 3. The van der Waals surface area contributed by atoms with E-state index in [1.165, 1.54) is 120 Å². The Bertz CT molecular complexity index is 1430. The van der Waals surface area contributed by atoms with Crippen LogP contribution in [0.4, 0.5) is 13.2 Å². The highest BCUT2D eigenvalue weighted by atomic mass is 32.2. The van der Waals surface area contributed by atoms with Crippen molar-refractivity contribution >= 4 is 29.6 Å². The number of aldehydes is 1. The predicted molar refractivity (Wildman–Crippen MR) is 222 cm³/mol. The van der Waals surface area contributed by atoms with Gasteiger partial charge >= 0.3 is 12.1 Å². The molecule has 6 aliphatic rings.